The Kier molecular flexibility index (Phi) is 2.90. The van der Waals surface area contributed by atoms with Crippen LogP contribution < -0.4 is 0 Å². The molecule has 0 aliphatic heterocycles. The Labute approximate surface area is 68.2 Å². The highest BCUT2D eigenvalue weighted by Gasteiger charge is 2.34. The topological polar surface area (TPSA) is 40.5 Å². The largest absolute Gasteiger partial charge is 0.396 e. The molecule has 1 aliphatic carbocycles. The number of aliphatic hydroxyl groups is 2. The van der Waals surface area contributed by atoms with Crippen molar-refractivity contribution in [1.82, 2.24) is 0 Å². The lowest BCUT2D eigenvalue weighted by molar-refractivity contribution is -0.0573. The lowest BCUT2D eigenvalue weighted by atomic mass is 9.75. The Hall–Kier alpha value is -0.0800. The van der Waals surface area contributed by atoms with Gasteiger partial charge in [-0.2, -0.15) is 0 Å². The summed E-state index contributed by atoms with van der Waals surface area (Å²) in [7, 11) is 0. The van der Waals surface area contributed by atoms with Gasteiger partial charge in [-0.05, 0) is 25.2 Å². The first-order valence-electron chi connectivity index (χ1n) is 4.52. The molecule has 1 aliphatic rings. The maximum absolute atomic E-state index is 9.98. The molecule has 66 valence electrons. The molecule has 2 unspecified atom stereocenters. The predicted octanol–water partition coefficient (Wildman–Crippen LogP) is 1.31. The van der Waals surface area contributed by atoms with Crippen LogP contribution in [0.1, 0.15) is 39.0 Å². The summed E-state index contributed by atoms with van der Waals surface area (Å²) in [6.45, 7) is 2.19. The summed E-state index contributed by atoms with van der Waals surface area (Å²) in [5.41, 5.74) is -0.562. The van der Waals surface area contributed by atoms with Crippen LogP contribution >= 0.6 is 0 Å². The molecule has 2 heteroatoms. The Morgan fingerprint density at radius 1 is 1.45 bits per heavy atom. The van der Waals surface area contributed by atoms with E-state index in [1.54, 1.807) is 0 Å². The predicted molar refractivity (Wildman–Crippen MR) is 44.3 cm³/mol. The lowest BCUT2D eigenvalue weighted by Gasteiger charge is -2.37. The van der Waals surface area contributed by atoms with Crippen LogP contribution in [0.2, 0.25) is 0 Å². The second-order valence-electron chi connectivity index (χ2n) is 3.72. The molecule has 0 aromatic rings. The van der Waals surface area contributed by atoms with Gasteiger partial charge in [-0.3, -0.25) is 0 Å². The van der Waals surface area contributed by atoms with Crippen molar-refractivity contribution in [3.63, 3.8) is 0 Å². The summed E-state index contributed by atoms with van der Waals surface area (Å²) in [6, 6.07) is 0. The molecule has 0 aromatic carbocycles. The molecule has 0 spiro atoms. The van der Waals surface area contributed by atoms with Gasteiger partial charge in [-0.1, -0.05) is 19.8 Å². The van der Waals surface area contributed by atoms with E-state index in [1.807, 2.05) is 0 Å². The summed E-state index contributed by atoms with van der Waals surface area (Å²) in [5, 5.41) is 18.7. The Balaban J connectivity index is 2.49. The molecule has 0 saturated heterocycles. The smallest absolute Gasteiger partial charge is 0.0695 e. The van der Waals surface area contributed by atoms with E-state index in [-0.39, 0.29) is 6.61 Å². The van der Waals surface area contributed by atoms with Crippen LogP contribution in [0.4, 0.5) is 0 Å². The Bertz CT molecular complexity index is 121. The fourth-order valence-corrected chi connectivity index (χ4v) is 1.96. The van der Waals surface area contributed by atoms with Gasteiger partial charge >= 0.3 is 0 Å². The minimum atomic E-state index is -0.562. The molecule has 2 N–H and O–H groups in total. The molecule has 1 fully saturated rings. The zero-order valence-electron chi connectivity index (χ0n) is 7.21. The summed E-state index contributed by atoms with van der Waals surface area (Å²) in [6.07, 6.45) is 4.87. The first kappa shape index (κ1) is 9.01. The molecule has 2 nitrogen and oxygen atoms in total. The van der Waals surface area contributed by atoms with Gasteiger partial charge in [-0.25, -0.2) is 0 Å². The standard InChI is InChI=1S/C9H18O2/c1-8-4-2-3-5-9(8,11)6-7-10/h8,10-11H,2-7H2,1H3. The van der Waals surface area contributed by atoms with Gasteiger partial charge in [0.15, 0.2) is 0 Å². The van der Waals surface area contributed by atoms with Crippen molar-refractivity contribution in [1.29, 1.82) is 0 Å². The summed E-state index contributed by atoms with van der Waals surface area (Å²) in [5.74, 6) is 0.364. The lowest BCUT2D eigenvalue weighted by Crippen LogP contribution is -2.39. The van der Waals surface area contributed by atoms with E-state index in [2.05, 4.69) is 6.92 Å². The zero-order valence-corrected chi connectivity index (χ0v) is 7.21. The minimum absolute atomic E-state index is 0.112. The molecule has 0 aromatic heterocycles. The molecule has 0 amide bonds. The normalized spacial score (nSPS) is 39.0. The maximum Gasteiger partial charge on any atom is 0.0695 e. The molecular formula is C9H18O2. The summed E-state index contributed by atoms with van der Waals surface area (Å²) >= 11 is 0. The first-order chi connectivity index (χ1) is 5.19. The van der Waals surface area contributed by atoms with Gasteiger partial charge < -0.3 is 10.2 Å². The third-order valence-electron chi connectivity index (χ3n) is 2.96. The third kappa shape index (κ3) is 1.94. The van der Waals surface area contributed by atoms with E-state index in [0.717, 1.165) is 19.3 Å². The van der Waals surface area contributed by atoms with Gasteiger partial charge in [0.1, 0.15) is 0 Å². The molecule has 0 bridgehead atoms. The SMILES string of the molecule is CC1CCCCC1(O)CCO. The van der Waals surface area contributed by atoms with Crippen LogP contribution in [0.5, 0.6) is 0 Å². The summed E-state index contributed by atoms with van der Waals surface area (Å²) < 4.78 is 0. The van der Waals surface area contributed by atoms with E-state index >= 15 is 0 Å². The van der Waals surface area contributed by atoms with Gasteiger partial charge in [0, 0.05) is 6.61 Å². The van der Waals surface area contributed by atoms with Crippen LogP contribution in [-0.4, -0.2) is 22.4 Å². The van der Waals surface area contributed by atoms with E-state index in [1.165, 1.54) is 6.42 Å². The summed E-state index contributed by atoms with van der Waals surface area (Å²) in [4.78, 5) is 0. The highest BCUT2D eigenvalue weighted by atomic mass is 16.3. The quantitative estimate of drug-likeness (QED) is 0.636. The average molecular weight is 158 g/mol. The van der Waals surface area contributed by atoms with Crippen molar-refractivity contribution in [2.75, 3.05) is 6.61 Å². The van der Waals surface area contributed by atoms with Crippen molar-refractivity contribution in [2.45, 2.75) is 44.6 Å². The second kappa shape index (κ2) is 3.55. The van der Waals surface area contributed by atoms with Gasteiger partial charge in [-0.15, -0.1) is 0 Å². The maximum atomic E-state index is 9.98. The van der Waals surface area contributed by atoms with E-state index in [9.17, 15) is 5.11 Å². The number of hydrogen-bond acceptors (Lipinski definition) is 2. The van der Waals surface area contributed by atoms with Crippen molar-refractivity contribution < 1.29 is 10.2 Å². The third-order valence-corrected chi connectivity index (χ3v) is 2.96. The molecule has 0 radical (unpaired) electrons. The van der Waals surface area contributed by atoms with Gasteiger partial charge in [0.05, 0.1) is 5.60 Å². The average Bonchev–Trinajstić information content (AvgIpc) is 1.96. The van der Waals surface area contributed by atoms with Crippen LogP contribution in [0.15, 0.2) is 0 Å². The molecule has 2 atom stereocenters. The molecular weight excluding hydrogens is 140 g/mol. The monoisotopic (exact) mass is 158 g/mol. The van der Waals surface area contributed by atoms with Gasteiger partial charge in [0.25, 0.3) is 0 Å². The van der Waals surface area contributed by atoms with Crippen LogP contribution in [-0.2, 0) is 0 Å². The van der Waals surface area contributed by atoms with Crippen molar-refractivity contribution in [2.24, 2.45) is 5.92 Å². The molecule has 1 saturated carbocycles. The van der Waals surface area contributed by atoms with E-state index < -0.39 is 5.60 Å². The van der Waals surface area contributed by atoms with Crippen LogP contribution in [0.3, 0.4) is 0 Å². The highest BCUT2D eigenvalue weighted by molar-refractivity contribution is 4.87. The van der Waals surface area contributed by atoms with Gasteiger partial charge in [0.2, 0.25) is 0 Å². The first-order valence-corrected chi connectivity index (χ1v) is 4.52. The number of hydrogen-bond donors (Lipinski definition) is 2. The second-order valence-corrected chi connectivity index (χ2v) is 3.72. The Morgan fingerprint density at radius 3 is 2.73 bits per heavy atom. The van der Waals surface area contributed by atoms with Crippen molar-refractivity contribution in [3.05, 3.63) is 0 Å². The number of rotatable bonds is 2. The Morgan fingerprint density at radius 2 is 2.18 bits per heavy atom. The fraction of sp³-hybridized carbons (Fsp3) is 1.00. The van der Waals surface area contributed by atoms with E-state index in [0.29, 0.717) is 12.3 Å². The molecule has 11 heavy (non-hydrogen) atoms. The molecule has 1 rings (SSSR count). The zero-order chi connectivity index (χ0) is 8.32. The van der Waals surface area contributed by atoms with E-state index in [4.69, 9.17) is 5.11 Å². The number of aliphatic hydroxyl groups excluding tert-OH is 1. The van der Waals surface area contributed by atoms with Crippen LogP contribution in [0.25, 0.3) is 0 Å². The fourth-order valence-electron chi connectivity index (χ4n) is 1.96. The van der Waals surface area contributed by atoms with Crippen LogP contribution in [0, 0.1) is 5.92 Å². The van der Waals surface area contributed by atoms with Crippen molar-refractivity contribution in [3.8, 4) is 0 Å². The molecule has 0 heterocycles. The minimum Gasteiger partial charge on any atom is -0.396 e. The highest BCUT2D eigenvalue weighted by Crippen LogP contribution is 2.35. The van der Waals surface area contributed by atoms with Crippen molar-refractivity contribution >= 4 is 0 Å².